The van der Waals surface area contributed by atoms with Crippen LogP contribution in [0.4, 0.5) is 17.1 Å². The van der Waals surface area contributed by atoms with Crippen LogP contribution >= 0.6 is 0 Å². The Morgan fingerprint density at radius 2 is 1.33 bits per heavy atom. The molecule has 7 heteroatoms. The topological polar surface area (TPSA) is 96.5 Å². The molecular weight excluding hydrogens is 382 g/mol. The van der Waals surface area contributed by atoms with E-state index in [1.54, 1.807) is 60.7 Å². The number of carbonyl (C=O) groups is 3. The number of para-hydroxylation sites is 3. The van der Waals surface area contributed by atoms with Crippen molar-refractivity contribution in [1.82, 2.24) is 0 Å². The molecule has 7 nitrogen and oxygen atoms in total. The predicted octanol–water partition coefficient (Wildman–Crippen LogP) is 3.78. The summed E-state index contributed by atoms with van der Waals surface area (Å²) in [6.07, 6.45) is 0. The first-order valence-electron chi connectivity index (χ1n) is 9.25. The van der Waals surface area contributed by atoms with E-state index in [1.165, 1.54) is 7.11 Å². The molecule has 30 heavy (non-hydrogen) atoms. The summed E-state index contributed by atoms with van der Waals surface area (Å²) < 4.78 is 4.73. The van der Waals surface area contributed by atoms with E-state index in [1.807, 2.05) is 18.2 Å². The van der Waals surface area contributed by atoms with Gasteiger partial charge in [-0.25, -0.2) is 4.79 Å². The fourth-order valence-electron chi connectivity index (χ4n) is 2.81. The van der Waals surface area contributed by atoms with Crippen molar-refractivity contribution in [2.75, 3.05) is 29.6 Å². The molecule has 3 rings (SSSR count). The largest absolute Gasteiger partial charge is 0.465 e. The molecule has 0 radical (unpaired) electrons. The molecule has 0 bridgehead atoms. The third kappa shape index (κ3) is 5.23. The van der Waals surface area contributed by atoms with Crippen LogP contribution in [0.1, 0.15) is 20.7 Å². The highest BCUT2D eigenvalue weighted by Crippen LogP contribution is 2.18. The summed E-state index contributed by atoms with van der Waals surface area (Å²) in [4.78, 5) is 36.8. The minimum atomic E-state index is -0.540. The zero-order chi connectivity index (χ0) is 21.3. The van der Waals surface area contributed by atoms with Crippen molar-refractivity contribution in [3.8, 4) is 0 Å². The Morgan fingerprint density at radius 1 is 0.733 bits per heavy atom. The van der Waals surface area contributed by atoms with Crippen LogP contribution in [0.5, 0.6) is 0 Å². The number of amides is 2. The van der Waals surface area contributed by atoms with Crippen LogP contribution in [-0.2, 0) is 9.53 Å². The van der Waals surface area contributed by atoms with E-state index in [2.05, 4.69) is 16.0 Å². The highest BCUT2D eigenvalue weighted by atomic mass is 16.5. The number of ether oxygens (including phenoxy) is 1. The first-order valence-corrected chi connectivity index (χ1v) is 9.25. The van der Waals surface area contributed by atoms with Crippen LogP contribution in [-0.4, -0.2) is 31.4 Å². The van der Waals surface area contributed by atoms with Gasteiger partial charge in [0.2, 0.25) is 5.91 Å². The van der Waals surface area contributed by atoms with Crippen LogP contribution < -0.4 is 16.0 Å². The smallest absolute Gasteiger partial charge is 0.339 e. The summed E-state index contributed by atoms with van der Waals surface area (Å²) in [5, 5.41) is 8.48. The molecular formula is C23H21N3O4. The molecule has 0 atom stereocenters. The lowest BCUT2D eigenvalue weighted by Crippen LogP contribution is -2.24. The van der Waals surface area contributed by atoms with Crippen LogP contribution in [0.3, 0.4) is 0 Å². The van der Waals surface area contributed by atoms with Gasteiger partial charge in [0, 0.05) is 11.4 Å². The molecule has 0 aliphatic carbocycles. The SMILES string of the molecule is COC(=O)c1ccccc1NC(=O)CNc1ccccc1C(=O)Nc1ccccc1. The Balaban J connectivity index is 1.66. The quantitative estimate of drug-likeness (QED) is 0.522. The Kier molecular flexibility index (Phi) is 6.78. The molecule has 152 valence electrons. The number of rotatable bonds is 7. The monoisotopic (exact) mass is 403 g/mol. The van der Waals surface area contributed by atoms with Gasteiger partial charge in [-0.3, -0.25) is 9.59 Å². The van der Waals surface area contributed by atoms with Crippen molar-refractivity contribution in [2.24, 2.45) is 0 Å². The van der Waals surface area contributed by atoms with Gasteiger partial charge in [-0.1, -0.05) is 42.5 Å². The van der Waals surface area contributed by atoms with Gasteiger partial charge < -0.3 is 20.7 Å². The lowest BCUT2D eigenvalue weighted by atomic mass is 10.1. The van der Waals surface area contributed by atoms with E-state index in [0.717, 1.165) is 0 Å². The molecule has 0 saturated heterocycles. The second kappa shape index (κ2) is 9.88. The summed E-state index contributed by atoms with van der Waals surface area (Å²) in [5.41, 5.74) is 2.21. The fraction of sp³-hybridized carbons (Fsp3) is 0.0870. The average Bonchev–Trinajstić information content (AvgIpc) is 2.78. The number of methoxy groups -OCH3 is 1. The number of benzene rings is 3. The Bertz CT molecular complexity index is 1050. The van der Waals surface area contributed by atoms with Crippen molar-refractivity contribution in [1.29, 1.82) is 0 Å². The average molecular weight is 403 g/mol. The lowest BCUT2D eigenvalue weighted by Gasteiger charge is -2.13. The zero-order valence-corrected chi connectivity index (χ0v) is 16.3. The predicted molar refractivity (Wildman–Crippen MR) is 116 cm³/mol. The summed E-state index contributed by atoms with van der Waals surface area (Å²) in [6, 6.07) is 22.6. The number of anilines is 3. The minimum absolute atomic E-state index is 0.0921. The molecule has 0 aliphatic rings. The third-order valence-electron chi connectivity index (χ3n) is 4.25. The number of hydrogen-bond acceptors (Lipinski definition) is 5. The van der Waals surface area contributed by atoms with E-state index in [-0.39, 0.29) is 23.9 Å². The summed E-state index contributed by atoms with van der Waals surface area (Å²) in [7, 11) is 1.28. The fourth-order valence-corrected chi connectivity index (χ4v) is 2.81. The molecule has 0 spiro atoms. The molecule has 0 heterocycles. The van der Waals surface area contributed by atoms with Gasteiger partial charge in [0.05, 0.1) is 30.5 Å². The van der Waals surface area contributed by atoms with Gasteiger partial charge in [0.15, 0.2) is 0 Å². The summed E-state index contributed by atoms with van der Waals surface area (Å²) >= 11 is 0. The maximum atomic E-state index is 12.6. The van der Waals surface area contributed by atoms with Crippen LogP contribution in [0.25, 0.3) is 0 Å². The van der Waals surface area contributed by atoms with E-state index < -0.39 is 5.97 Å². The second-order valence-corrected chi connectivity index (χ2v) is 6.30. The summed E-state index contributed by atoms with van der Waals surface area (Å²) in [5.74, 6) is -1.20. The molecule has 3 N–H and O–H groups in total. The van der Waals surface area contributed by atoms with Gasteiger partial charge in [-0.2, -0.15) is 0 Å². The summed E-state index contributed by atoms with van der Waals surface area (Å²) in [6.45, 7) is -0.0921. The van der Waals surface area contributed by atoms with Crippen molar-refractivity contribution >= 4 is 34.8 Å². The van der Waals surface area contributed by atoms with Crippen LogP contribution in [0, 0.1) is 0 Å². The molecule has 0 unspecified atom stereocenters. The second-order valence-electron chi connectivity index (χ2n) is 6.30. The molecule has 0 saturated carbocycles. The zero-order valence-electron chi connectivity index (χ0n) is 16.3. The highest BCUT2D eigenvalue weighted by molar-refractivity contribution is 6.08. The number of esters is 1. The van der Waals surface area contributed by atoms with Gasteiger partial charge in [-0.05, 0) is 36.4 Å². The van der Waals surface area contributed by atoms with E-state index in [4.69, 9.17) is 4.74 Å². The normalized spacial score (nSPS) is 10.0. The van der Waals surface area contributed by atoms with Crippen LogP contribution in [0.15, 0.2) is 78.9 Å². The third-order valence-corrected chi connectivity index (χ3v) is 4.25. The van der Waals surface area contributed by atoms with Gasteiger partial charge >= 0.3 is 5.97 Å². The highest BCUT2D eigenvalue weighted by Gasteiger charge is 2.15. The standard InChI is InChI=1S/C23H21N3O4/c1-30-23(29)18-12-6-8-14-20(18)26-21(27)15-24-19-13-7-5-11-17(19)22(28)25-16-9-3-2-4-10-16/h2-14,24H,15H2,1H3,(H,25,28)(H,26,27). The maximum Gasteiger partial charge on any atom is 0.339 e. The van der Waals surface area contributed by atoms with Crippen molar-refractivity contribution in [3.05, 3.63) is 90.0 Å². The van der Waals surface area contributed by atoms with E-state index in [0.29, 0.717) is 22.6 Å². The molecule has 0 aromatic heterocycles. The molecule has 2 amide bonds. The Labute approximate surface area is 174 Å². The van der Waals surface area contributed by atoms with Gasteiger partial charge in [0.25, 0.3) is 5.91 Å². The number of carbonyl (C=O) groups excluding carboxylic acids is 3. The number of hydrogen-bond donors (Lipinski definition) is 3. The van der Waals surface area contributed by atoms with E-state index >= 15 is 0 Å². The Hall–Kier alpha value is -4.13. The van der Waals surface area contributed by atoms with Crippen molar-refractivity contribution in [2.45, 2.75) is 0 Å². The molecule has 3 aromatic rings. The maximum absolute atomic E-state index is 12.6. The van der Waals surface area contributed by atoms with Gasteiger partial charge in [0.1, 0.15) is 0 Å². The minimum Gasteiger partial charge on any atom is -0.465 e. The first-order chi connectivity index (χ1) is 14.6. The van der Waals surface area contributed by atoms with Crippen molar-refractivity contribution in [3.63, 3.8) is 0 Å². The van der Waals surface area contributed by atoms with E-state index in [9.17, 15) is 14.4 Å². The Morgan fingerprint density at radius 3 is 2.03 bits per heavy atom. The molecule has 0 fully saturated rings. The lowest BCUT2D eigenvalue weighted by molar-refractivity contribution is -0.114. The van der Waals surface area contributed by atoms with Crippen LogP contribution in [0.2, 0.25) is 0 Å². The molecule has 0 aliphatic heterocycles. The number of nitrogens with one attached hydrogen (secondary N) is 3. The van der Waals surface area contributed by atoms with Crippen molar-refractivity contribution < 1.29 is 19.1 Å². The molecule has 3 aromatic carbocycles. The first kappa shape index (κ1) is 20.6. The van der Waals surface area contributed by atoms with Gasteiger partial charge in [-0.15, -0.1) is 0 Å².